The average molecular weight is 292 g/mol. The Balaban J connectivity index is 1.47. The molecule has 3 rings (SSSR count). The molecule has 0 aliphatic carbocycles. The molecule has 3 heterocycles. The molecule has 0 amide bonds. The lowest BCUT2D eigenvalue weighted by atomic mass is 9.84. The topological polar surface area (TPSA) is 49.2 Å². The summed E-state index contributed by atoms with van der Waals surface area (Å²) in [7, 11) is 4.23. The lowest BCUT2D eigenvalue weighted by molar-refractivity contribution is 0.0369. The number of likely N-dealkylation sites (tertiary alicyclic amines) is 2. The molecule has 2 atom stereocenters. The summed E-state index contributed by atoms with van der Waals surface area (Å²) in [5, 5.41) is 11.5. The standard InChI is InChI=1S/C15H28N6/c1-16-10-14-12-21(18-17-14)9-8-20-7-5-15-13(11-20)4-3-6-19(15)2/h12-13,15-16H,3-11H2,1-2H3. The van der Waals surface area contributed by atoms with E-state index in [4.69, 9.17) is 0 Å². The smallest absolute Gasteiger partial charge is 0.0964 e. The second kappa shape index (κ2) is 6.85. The first-order valence-corrected chi connectivity index (χ1v) is 8.22. The van der Waals surface area contributed by atoms with Crippen molar-refractivity contribution in [3.8, 4) is 0 Å². The molecule has 1 N–H and O–H groups in total. The minimum Gasteiger partial charge on any atom is -0.314 e. The SMILES string of the molecule is CNCc1cn(CCN2CCC3C(CCCN3C)C2)nn1. The second-order valence-electron chi connectivity index (χ2n) is 6.54. The Morgan fingerprint density at radius 3 is 3.05 bits per heavy atom. The predicted molar refractivity (Wildman–Crippen MR) is 83.0 cm³/mol. The van der Waals surface area contributed by atoms with Crippen LogP contribution in [-0.4, -0.2) is 71.1 Å². The fourth-order valence-electron chi connectivity index (χ4n) is 3.88. The Hall–Kier alpha value is -0.980. The molecule has 2 unspecified atom stereocenters. The average Bonchev–Trinajstić information content (AvgIpc) is 2.93. The van der Waals surface area contributed by atoms with Crippen LogP contribution in [0.2, 0.25) is 0 Å². The Morgan fingerprint density at radius 2 is 2.19 bits per heavy atom. The molecule has 0 spiro atoms. The molecule has 0 aromatic carbocycles. The maximum Gasteiger partial charge on any atom is 0.0964 e. The maximum absolute atomic E-state index is 4.20. The maximum atomic E-state index is 4.20. The van der Waals surface area contributed by atoms with Crippen LogP contribution in [0.3, 0.4) is 0 Å². The number of fused-ring (bicyclic) bond motifs is 1. The van der Waals surface area contributed by atoms with Crippen molar-refractivity contribution in [3.63, 3.8) is 0 Å². The fourth-order valence-corrected chi connectivity index (χ4v) is 3.88. The van der Waals surface area contributed by atoms with Gasteiger partial charge in [0.2, 0.25) is 0 Å². The first-order valence-electron chi connectivity index (χ1n) is 8.22. The number of aromatic nitrogens is 3. The van der Waals surface area contributed by atoms with E-state index in [2.05, 4.69) is 38.7 Å². The third-order valence-electron chi connectivity index (χ3n) is 5.02. The highest BCUT2D eigenvalue weighted by Crippen LogP contribution is 2.29. The number of rotatable bonds is 5. The van der Waals surface area contributed by atoms with Crippen LogP contribution >= 0.6 is 0 Å². The molecule has 6 nitrogen and oxygen atoms in total. The van der Waals surface area contributed by atoms with E-state index in [1.807, 2.05) is 11.7 Å². The molecule has 6 heteroatoms. The van der Waals surface area contributed by atoms with Crippen molar-refractivity contribution >= 4 is 0 Å². The van der Waals surface area contributed by atoms with Gasteiger partial charge in [0, 0.05) is 31.9 Å². The van der Waals surface area contributed by atoms with Crippen molar-refractivity contribution in [1.82, 2.24) is 30.1 Å². The molecule has 1 aromatic heterocycles. The van der Waals surface area contributed by atoms with Crippen LogP contribution in [0.5, 0.6) is 0 Å². The van der Waals surface area contributed by atoms with E-state index >= 15 is 0 Å². The van der Waals surface area contributed by atoms with Gasteiger partial charge in [-0.1, -0.05) is 5.21 Å². The van der Waals surface area contributed by atoms with Gasteiger partial charge in [-0.15, -0.1) is 5.10 Å². The van der Waals surface area contributed by atoms with E-state index in [-0.39, 0.29) is 0 Å². The summed E-state index contributed by atoms with van der Waals surface area (Å²) in [4.78, 5) is 5.19. The van der Waals surface area contributed by atoms with Gasteiger partial charge < -0.3 is 15.1 Å². The number of hydrogen-bond acceptors (Lipinski definition) is 5. The highest BCUT2D eigenvalue weighted by Gasteiger charge is 2.33. The molecule has 2 aliphatic rings. The monoisotopic (exact) mass is 292 g/mol. The molecule has 0 bridgehead atoms. The van der Waals surface area contributed by atoms with E-state index in [0.717, 1.165) is 37.3 Å². The van der Waals surface area contributed by atoms with E-state index in [1.165, 1.54) is 38.9 Å². The molecule has 2 aliphatic heterocycles. The van der Waals surface area contributed by atoms with Crippen molar-refractivity contribution < 1.29 is 0 Å². The number of hydrogen-bond donors (Lipinski definition) is 1. The summed E-state index contributed by atoms with van der Waals surface area (Å²) < 4.78 is 1.98. The van der Waals surface area contributed by atoms with Gasteiger partial charge in [0.25, 0.3) is 0 Å². The third kappa shape index (κ3) is 3.62. The molecule has 0 radical (unpaired) electrons. The lowest BCUT2D eigenvalue weighted by Crippen LogP contribution is -2.53. The zero-order chi connectivity index (χ0) is 14.7. The minimum atomic E-state index is 0.791. The van der Waals surface area contributed by atoms with Gasteiger partial charge in [0.05, 0.1) is 12.2 Å². The Morgan fingerprint density at radius 1 is 1.29 bits per heavy atom. The summed E-state index contributed by atoms with van der Waals surface area (Å²) >= 11 is 0. The number of nitrogens with one attached hydrogen (secondary N) is 1. The highest BCUT2D eigenvalue weighted by atomic mass is 15.4. The van der Waals surface area contributed by atoms with Crippen molar-refractivity contribution in [2.24, 2.45) is 5.92 Å². The van der Waals surface area contributed by atoms with Gasteiger partial charge >= 0.3 is 0 Å². The van der Waals surface area contributed by atoms with Gasteiger partial charge in [0.1, 0.15) is 0 Å². The largest absolute Gasteiger partial charge is 0.314 e. The normalized spacial score (nSPS) is 27.7. The van der Waals surface area contributed by atoms with Crippen LogP contribution in [0.15, 0.2) is 6.20 Å². The number of piperidine rings is 2. The summed E-state index contributed by atoms with van der Waals surface area (Å²) in [6.45, 7) is 6.60. The summed E-state index contributed by atoms with van der Waals surface area (Å²) in [6, 6.07) is 0.823. The van der Waals surface area contributed by atoms with E-state index in [9.17, 15) is 0 Å². The summed E-state index contributed by atoms with van der Waals surface area (Å²) in [6.07, 6.45) is 6.14. The predicted octanol–water partition coefficient (Wildman–Crippen LogP) is 0.414. The zero-order valence-electron chi connectivity index (χ0n) is 13.3. The van der Waals surface area contributed by atoms with Gasteiger partial charge in [-0.2, -0.15) is 0 Å². The molecular formula is C15H28N6. The lowest BCUT2D eigenvalue weighted by Gasteiger charge is -2.46. The summed E-state index contributed by atoms with van der Waals surface area (Å²) in [5.41, 5.74) is 1.02. The minimum absolute atomic E-state index is 0.791. The highest BCUT2D eigenvalue weighted by molar-refractivity contribution is 4.92. The van der Waals surface area contributed by atoms with Gasteiger partial charge in [-0.05, 0) is 52.4 Å². The zero-order valence-corrected chi connectivity index (χ0v) is 13.3. The van der Waals surface area contributed by atoms with Gasteiger partial charge in [-0.3, -0.25) is 4.68 Å². The third-order valence-corrected chi connectivity index (χ3v) is 5.02. The van der Waals surface area contributed by atoms with Crippen molar-refractivity contribution in [2.75, 3.05) is 40.3 Å². The van der Waals surface area contributed by atoms with Crippen molar-refractivity contribution in [1.29, 1.82) is 0 Å². The Bertz CT molecular complexity index is 445. The van der Waals surface area contributed by atoms with Gasteiger partial charge in [0.15, 0.2) is 0 Å². The molecule has 0 saturated carbocycles. The van der Waals surface area contributed by atoms with Crippen LogP contribution in [0.4, 0.5) is 0 Å². The summed E-state index contributed by atoms with van der Waals surface area (Å²) in [5.74, 6) is 0.869. The van der Waals surface area contributed by atoms with Crippen molar-refractivity contribution in [2.45, 2.75) is 38.4 Å². The second-order valence-corrected chi connectivity index (χ2v) is 6.54. The Labute approximate surface area is 127 Å². The van der Waals surface area contributed by atoms with Crippen LogP contribution in [0, 0.1) is 5.92 Å². The number of nitrogens with zero attached hydrogens (tertiary/aromatic N) is 5. The fraction of sp³-hybridized carbons (Fsp3) is 0.867. The van der Waals surface area contributed by atoms with E-state index < -0.39 is 0 Å². The quantitative estimate of drug-likeness (QED) is 0.852. The van der Waals surface area contributed by atoms with Crippen LogP contribution < -0.4 is 5.32 Å². The first-order chi connectivity index (χ1) is 10.3. The first kappa shape index (κ1) is 14.9. The van der Waals surface area contributed by atoms with Crippen molar-refractivity contribution in [3.05, 3.63) is 11.9 Å². The molecule has 2 saturated heterocycles. The molecule has 1 aromatic rings. The molecule has 21 heavy (non-hydrogen) atoms. The molecular weight excluding hydrogens is 264 g/mol. The van der Waals surface area contributed by atoms with Crippen LogP contribution in [0.1, 0.15) is 25.0 Å². The van der Waals surface area contributed by atoms with E-state index in [0.29, 0.717) is 0 Å². The molecule has 118 valence electrons. The van der Waals surface area contributed by atoms with E-state index in [1.54, 1.807) is 0 Å². The van der Waals surface area contributed by atoms with Crippen LogP contribution in [-0.2, 0) is 13.1 Å². The van der Waals surface area contributed by atoms with Gasteiger partial charge in [-0.25, -0.2) is 0 Å². The Kier molecular flexibility index (Phi) is 4.87. The molecule has 2 fully saturated rings. The van der Waals surface area contributed by atoms with Crippen LogP contribution in [0.25, 0.3) is 0 Å².